The summed E-state index contributed by atoms with van der Waals surface area (Å²) >= 11 is 0. The third kappa shape index (κ3) is 4.73. The summed E-state index contributed by atoms with van der Waals surface area (Å²) in [5.74, 6) is 0.219. The number of phenols is 1. The molecule has 2 atom stereocenters. The van der Waals surface area contributed by atoms with Gasteiger partial charge >= 0.3 is 11.6 Å². The number of anilines is 1. The van der Waals surface area contributed by atoms with Gasteiger partial charge in [-0.25, -0.2) is 13.6 Å². The van der Waals surface area contributed by atoms with E-state index in [0.29, 0.717) is 35.6 Å². The van der Waals surface area contributed by atoms with Crippen molar-refractivity contribution in [2.45, 2.75) is 51.4 Å². The van der Waals surface area contributed by atoms with Crippen molar-refractivity contribution in [2.24, 2.45) is 0 Å². The summed E-state index contributed by atoms with van der Waals surface area (Å²) < 4.78 is 46.4. The number of rotatable bonds is 7. The minimum Gasteiger partial charge on any atom is -0.508 e. The first-order valence-electron chi connectivity index (χ1n) is 14.0. The molecule has 0 amide bonds. The Bertz CT molecular complexity index is 1940. The first-order valence-corrected chi connectivity index (χ1v) is 14.0. The molecular formula is C30H28F2N6O5. The molecular weight excluding hydrogens is 562 g/mol. The number of fused-ring (bicyclic) bond motifs is 3. The number of ether oxygens (including phenoxy) is 1. The first-order chi connectivity index (χ1) is 20.7. The molecule has 2 fully saturated rings. The Morgan fingerprint density at radius 2 is 2.07 bits per heavy atom. The number of aromatic hydroxyl groups is 1. The van der Waals surface area contributed by atoms with Crippen molar-refractivity contribution < 1.29 is 27.6 Å². The van der Waals surface area contributed by atoms with Gasteiger partial charge in [0.25, 0.3) is 0 Å². The number of aromatic nitrogens is 4. The zero-order chi connectivity index (χ0) is 29.9. The maximum Gasteiger partial charge on any atom is 0.349 e. The van der Waals surface area contributed by atoms with Crippen LogP contribution in [0, 0.1) is 19.7 Å². The topological polar surface area (TPSA) is 140 Å². The molecule has 0 saturated carbocycles. The van der Waals surface area contributed by atoms with E-state index in [-0.39, 0.29) is 58.3 Å². The van der Waals surface area contributed by atoms with Gasteiger partial charge in [0.15, 0.2) is 5.82 Å². The first kappa shape index (κ1) is 27.2. The second-order valence-corrected chi connectivity index (χ2v) is 11.2. The molecule has 2 aliphatic heterocycles. The Morgan fingerprint density at radius 1 is 1.21 bits per heavy atom. The van der Waals surface area contributed by atoms with Gasteiger partial charge in [0, 0.05) is 36.4 Å². The predicted octanol–water partition coefficient (Wildman–Crippen LogP) is 4.82. The summed E-state index contributed by atoms with van der Waals surface area (Å²) in [5, 5.41) is 18.0. The van der Waals surface area contributed by atoms with Gasteiger partial charge in [-0.3, -0.25) is 4.90 Å². The molecule has 0 aliphatic carbocycles. The lowest BCUT2D eigenvalue weighted by Gasteiger charge is -2.30. The number of hydrogen-bond donors (Lipinski definition) is 2. The van der Waals surface area contributed by atoms with Crippen molar-refractivity contribution in [3.05, 3.63) is 63.8 Å². The van der Waals surface area contributed by atoms with Crippen molar-refractivity contribution in [2.75, 3.05) is 25.0 Å². The number of benzene rings is 2. The van der Waals surface area contributed by atoms with Crippen LogP contribution in [-0.2, 0) is 6.54 Å². The summed E-state index contributed by atoms with van der Waals surface area (Å²) in [6.45, 7) is 4.77. The highest BCUT2D eigenvalue weighted by atomic mass is 19.1. The summed E-state index contributed by atoms with van der Waals surface area (Å²) in [6, 6.07) is 7.25. The van der Waals surface area contributed by atoms with E-state index < -0.39 is 23.2 Å². The van der Waals surface area contributed by atoms with Crippen LogP contribution >= 0.6 is 0 Å². The number of nitrogens with one attached hydrogen (secondary N) is 1. The molecule has 5 heterocycles. The van der Waals surface area contributed by atoms with Crippen LogP contribution < -0.4 is 15.7 Å². The Labute approximate surface area is 243 Å². The number of phenolic OH excluding ortho intramolecular Hbond substituents is 1. The summed E-state index contributed by atoms with van der Waals surface area (Å²) in [7, 11) is 0. The maximum absolute atomic E-state index is 15.1. The van der Waals surface area contributed by atoms with Gasteiger partial charge < -0.3 is 24.1 Å². The molecule has 0 spiro atoms. The fourth-order valence-electron chi connectivity index (χ4n) is 6.45. The fourth-order valence-corrected chi connectivity index (χ4v) is 6.45. The van der Waals surface area contributed by atoms with Crippen molar-refractivity contribution in [3.63, 3.8) is 0 Å². The molecule has 11 nitrogen and oxygen atoms in total. The minimum atomic E-state index is -0.927. The van der Waals surface area contributed by atoms with E-state index >= 15 is 4.39 Å². The Balaban J connectivity index is 1.36. The lowest BCUT2D eigenvalue weighted by Crippen LogP contribution is -2.43. The van der Waals surface area contributed by atoms with E-state index in [9.17, 15) is 14.3 Å². The largest absolute Gasteiger partial charge is 0.508 e. The highest BCUT2D eigenvalue weighted by molar-refractivity contribution is 6.00. The highest BCUT2D eigenvalue weighted by Crippen LogP contribution is 2.41. The molecule has 0 radical (unpaired) electrons. The number of hydrogen-bond acceptors (Lipinski definition) is 11. The number of nitrogens with zero attached hydrogens (tertiary/aromatic N) is 5. The van der Waals surface area contributed by atoms with Gasteiger partial charge in [-0.15, -0.1) is 0 Å². The Morgan fingerprint density at radius 3 is 2.88 bits per heavy atom. The van der Waals surface area contributed by atoms with E-state index in [1.54, 1.807) is 19.9 Å². The second kappa shape index (κ2) is 10.3. The van der Waals surface area contributed by atoms with E-state index in [4.69, 9.17) is 13.7 Å². The molecule has 7 rings (SSSR count). The lowest BCUT2D eigenvalue weighted by atomic mass is 9.95. The third-order valence-corrected chi connectivity index (χ3v) is 8.35. The van der Waals surface area contributed by atoms with Gasteiger partial charge in [-0.05, 0) is 49.9 Å². The van der Waals surface area contributed by atoms with Crippen LogP contribution in [-0.4, -0.2) is 61.5 Å². The highest BCUT2D eigenvalue weighted by Gasteiger charge is 2.49. The van der Waals surface area contributed by atoms with Crippen molar-refractivity contribution in [3.8, 4) is 23.1 Å². The normalized spacial score (nSPS) is 20.2. The van der Waals surface area contributed by atoms with Gasteiger partial charge in [0.2, 0.25) is 5.89 Å². The van der Waals surface area contributed by atoms with E-state index in [0.717, 1.165) is 19.4 Å². The van der Waals surface area contributed by atoms with Crippen LogP contribution in [0.15, 0.2) is 44.1 Å². The van der Waals surface area contributed by atoms with Crippen molar-refractivity contribution in [1.29, 1.82) is 0 Å². The van der Waals surface area contributed by atoms with Crippen molar-refractivity contribution in [1.82, 2.24) is 25.0 Å². The fraction of sp³-hybridized carbons (Fsp3) is 0.367. The molecule has 222 valence electrons. The van der Waals surface area contributed by atoms with Gasteiger partial charge in [0.1, 0.15) is 41.3 Å². The molecule has 43 heavy (non-hydrogen) atoms. The number of halogens is 2. The minimum absolute atomic E-state index is 0.0191. The van der Waals surface area contributed by atoms with Crippen LogP contribution in [0.25, 0.3) is 33.0 Å². The molecule has 0 unspecified atom stereocenters. The van der Waals surface area contributed by atoms with Crippen LogP contribution in [0.4, 0.5) is 14.6 Å². The quantitative estimate of drug-likeness (QED) is 0.270. The second-order valence-electron chi connectivity index (χ2n) is 11.2. The predicted molar refractivity (Wildman–Crippen MR) is 152 cm³/mol. The standard InChI is InChI=1S/C30H28F2N6O5/c1-15-25-24(28(40)42-26(15)20-10-19(39)9-17-5-3-6-21(32)23(17)20)27(33-12-22-34-16(2)43-37-22)36-29(35-25)41-14-30-7-4-8-38(30)13-18(31)11-30/h3,5-6,9-10,18,39H,4,7-8,11-14H2,1-2H3,(H,33,35,36)/t18-,30+/m1/s1. The molecule has 2 N–H and O–H groups in total. The van der Waals surface area contributed by atoms with Crippen molar-refractivity contribution >= 4 is 27.5 Å². The molecule has 2 aromatic carbocycles. The number of alkyl halides is 1. The van der Waals surface area contributed by atoms with Crippen LogP contribution in [0.3, 0.4) is 0 Å². The van der Waals surface area contributed by atoms with Gasteiger partial charge in [0.05, 0.1) is 17.6 Å². The Hall–Kier alpha value is -4.65. The average molecular weight is 591 g/mol. The zero-order valence-electron chi connectivity index (χ0n) is 23.5. The summed E-state index contributed by atoms with van der Waals surface area (Å²) in [6.07, 6.45) is 1.19. The molecule has 0 bridgehead atoms. The smallest absolute Gasteiger partial charge is 0.349 e. The van der Waals surface area contributed by atoms with Gasteiger partial charge in [-0.2, -0.15) is 15.0 Å². The summed E-state index contributed by atoms with van der Waals surface area (Å²) in [5.41, 5.74) is -0.407. The molecule has 2 aliphatic rings. The SMILES string of the molecule is Cc1nc(CNc2nc(OC[C@@]34CCCN3C[C@H](F)C4)nc3c(C)c(-c4cc(O)cc5cccc(F)c45)oc(=O)c23)no1. The summed E-state index contributed by atoms with van der Waals surface area (Å²) in [4.78, 5) is 29.0. The molecule has 2 saturated heterocycles. The van der Waals surface area contributed by atoms with Gasteiger partial charge in [-0.1, -0.05) is 17.3 Å². The zero-order valence-corrected chi connectivity index (χ0v) is 23.5. The lowest BCUT2D eigenvalue weighted by molar-refractivity contribution is 0.107. The average Bonchev–Trinajstić information content (AvgIpc) is 3.65. The molecule has 13 heteroatoms. The van der Waals surface area contributed by atoms with E-state index in [1.807, 2.05) is 0 Å². The third-order valence-electron chi connectivity index (χ3n) is 8.35. The molecule has 3 aromatic heterocycles. The Kier molecular flexibility index (Phi) is 6.49. The maximum atomic E-state index is 15.1. The van der Waals surface area contributed by atoms with Crippen LogP contribution in [0.5, 0.6) is 11.8 Å². The monoisotopic (exact) mass is 590 g/mol. The van der Waals surface area contributed by atoms with Crippen LogP contribution in [0.2, 0.25) is 0 Å². The number of aryl methyl sites for hydroxylation is 2. The van der Waals surface area contributed by atoms with E-state index in [2.05, 4.69) is 30.3 Å². The van der Waals surface area contributed by atoms with E-state index in [1.165, 1.54) is 24.3 Å². The molecule has 5 aromatic rings. The van der Waals surface area contributed by atoms with Crippen LogP contribution in [0.1, 0.15) is 36.5 Å².